The van der Waals surface area contributed by atoms with Gasteiger partial charge in [-0.25, -0.2) is 12.8 Å². The van der Waals surface area contributed by atoms with Gasteiger partial charge >= 0.3 is 0 Å². The van der Waals surface area contributed by atoms with Gasteiger partial charge in [0.1, 0.15) is 5.82 Å². The molecule has 0 radical (unpaired) electrons. The number of halogens is 1. The summed E-state index contributed by atoms with van der Waals surface area (Å²) in [6.45, 7) is 0.455. The van der Waals surface area contributed by atoms with E-state index in [1.165, 1.54) is 42.8 Å². The van der Waals surface area contributed by atoms with Crippen molar-refractivity contribution >= 4 is 15.9 Å². The Kier molecular flexibility index (Phi) is 6.58. The highest BCUT2D eigenvalue weighted by Crippen LogP contribution is 2.32. The molecule has 0 fully saturated rings. The number of rotatable bonds is 7. The lowest BCUT2D eigenvalue weighted by Gasteiger charge is -2.27. The van der Waals surface area contributed by atoms with Crippen LogP contribution in [-0.2, 0) is 36.6 Å². The quantitative estimate of drug-likeness (QED) is 0.547. The summed E-state index contributed by atoms with van der Waals surface area (Å²) in [6, 6.07) is 10.2. The Morgan fingerprint density at radius 3 is 2.50 bits per heavy atom. The minimum Gasteiger partial charge on any atom is -0.493 e. The number of benzene rings is 2. The molecule has 4 rings (SSSR count). The maximum absolute atomic E-state index is 13.4. The summed E-state index contributed by atoms with van der Waals surface area (Å²) in [6.07, 6.45) is 0.413. The van der Waals surface area contributed by atoms with Crippen molar-refractivity contribution in [3.8, 4) is 11.5 Å². The van der Waals surface area contributed by atoms with Crippen molar-refractivity contribution in [2.45, 2.75) is 24.4 Å². The molecule has 9 nitrogen and oxygen atoms in total. The van der Waals surface area contributed by atoms with Crippen LogP contribution >= 0.6 is 0 Å². The molecular formula is C23H25FN4O5S. The number of carbonyl (C=O) groups excluding carboxylic acids is 1. The van der Waals surface area contributed by atoms with Gasteiger partial charge in [0.25, 0.3) is 5.91 Å². The lowest BCUT2D eigenvalue weighted by atomic mass is 10.1. The Morgan fingerprint density at radius 2 is 1.82 bits per heavy atom. The van der Waals surface area contributed by atoms with Crippen molar-refractivity contribution in [2.24, 2.45) is 7.05 Å². The van der Waals surface area contributed by atoms with Crippen LogP contribution in [0.3, 0.4) is 0 Å². The predicted molar refractivity (Wildman–Crippen MR) is 122 cm³/mol. The van der Waals surface area contributed by atoms with E-state index in [-0.39, 0.29) is 36.0 Å². The summed E-state index contributed by atoms with van der Waals surface area (Å²) < 4.78 is 53.2. The number of aryl methyl sites for hydroxylation is 1. The van der Waals surface area contributed by atoms with Crippen LogP contribution in [0, 0.1) is 5.82 Å². The summed E-state index contributed by atoms with van der Waals surface area (Å²) in [4.78, 5) is 13.0. The molecule has 1 aromatic heterocycles. The van der Waals surface area contributed by atoms with Gasteiger partial charge in [-0.3, -0.25) is 9.48 Å². The third-order valence-electron chi connectivity index (χ3n) is 5.78. The van der Waals surface area contributed by atoms with Crippen molar-refractivity contribution in [3.63, 3.8) is 0 Å². The molecule has 3 aromatic rings. The SMILES string of the molecule is COc1ccc(S(=O)(=O)N2CCc3c(c(C(=O)NCc4ccc(F)cc4)nn3C)C2)cc1OC. The van der Waals surface area contributed by atoms with Crippen molar-refractivity contribution in [2.75, 3.05) is 20.8 Å². The molecule has 0 atom stereocenters. The normalized spacial score (nSPS) is 13.9. The maximum atomic E-state index is 13.4. The molecule has 0 saturated heterocycles. The monoisotopic (exact) mass is 488 g/mol. The number of hydrogen-bond acceptors (Lipinski definition) is 6. The molecule has 0 bridgehead atoms. The zero-order valence-electron chi connectivity index (χ0n) is 19.0. The number of nitrogens with one attached hydrogen (secondary N) is 1. The zero-order valence-corrected chi connectivity index (χ0v) is 19.9. The van der Waals surface area contributed by atoms with Gasteiger partial charge in [-0.15, -0.1) is 0 Å². The lowest BCUT2D eigenvalue weighted by Crippen LogP contribution is -2.37. The van der Waals surface area contributed by atoms with Gasteiger partial charge in [-0.2, -0.15) is 9.40 Å². The molecule has 0 saturated carbocycles. The third-order valence-corrected chi connectivity index (χ3v) is 7.62. The molecular weight excluding hydrogens is 463 g/mol. The second-order valence-electron chi connectivity index (χ2n) is 7.81. The number of methoxy groups -OCH3 is 2. The van der Waals surface area contributed by atoms with E-state index in [0.717, 1.165) is 11.3 Å². The molecule has 1 amide bonds. The van der Waals surface area contributed by atoms with E-state index < -0.39 is 15.9 Å². The van der Waals surface area contributed by atoms with Crippen LogP contribution in [0.2, 0.25) is 0 Å². The topological polar surface area (TPSA) is 103 Å². The average molecular weight is 489 g/mol. The number of fused-ring (bicyclic) bond motifs is 1. The van der Waals surface area contributed by atoms with Crippen LogP contribution in [0.25, 0.3) is 0 Å². The van der Waals surface area contributed by atoms with Crippen LogP contribution in [0.5, 0.6) is 11.5 Å². The fraction of sp³-hybridized carbons (Fsp3) is 0.304. The van der Waals surface area contributed by atoms with Gasteiger partial charge in [0.15, 0.2) is 17.2 Å². The van der Waals surface area contributed by atoms with Gasteiger partial charge in [0.2, 0.25) is 10.0 Å². The lowest BCUT2D eigenvalue weighted by molar-refractivity contribution is 0.0943. The van der Waals surface area contributed by atoms with Crippen molar-refractivity contribution in [1.29, 1.82) is 0 Å². The number of carbonyl (C=O) groups is 1. The number of hydrogen-bond donors (Lipinski definition) is 1. The molecule has 1 aliphatic rings. The summed E-state index contributed by atoms with van der Waals surface area (Å²) in [7, 11) is 0.783. The van der Waals surface area contributed by atoms with Gasteiger partial charge in [0, 0.05) is 50.4 Å². The van der Waals surface area contributed by atoms with E-state index in [1.54, 1.807) is 29.9 Å². The van der Waals surface area contributed by atoms with E-state index in [4.69, 9.17) is 9.47 Å². The maximum Gasteiger partial charge on any atom is 0.272 e. The first-order chi connectivity index (χ1) is 16.2. The Bertz CT molecular complexity index is 1320. The fourth-order valence-corrected chi connectivity index (χ4v) is 5.37. The van der Waals surface area contributed by atoms with E-state index in [2.05, 4.69) is 10.4 Å². The highest BCUT2D eigenvalue weighted by molar-refractivity contribution is 7.89. The average Bonchev–Trinajstić information content (AvgIpc) is 3.18. The van der Waals surface area contributed by atoms with Crippen molar-refractivity contribution in [3.05, 3.63) is 70.8 Å². The highest BCUT2D eigenvalue weighted by Gasteiger charge is 2.34. The number of sulfonamides is 1. The molecule has 0 unspecified atom stereocenters. The summed E-state index contributed by atoms with van der Waals surface area (Å²) >= 11 is 0. The highest BCUT2D eigenvalue weighted by atomic mass is 32.2. The summed E-state index contributed by atoms with van der Waals surface area (Å²) in [5.41, 5.74) is 2.28. The molecule has 11 heteroatoms. The van der Waals surface area contributed by atoms with Crippen LogP contribution in [0.15, 0.2) is 47.4 Å². The van der Waals surface area contributed by atoms with Gasteiger partial charge in [-0.05, 0) is 29.8 Å². The van der Waals surface area contributed by atoms with E-state index in [9.17, 15) is 17.6 Å². The van der Waals surface area contributed by atoms with E-state index in [1.807, 2.05) is 0 Å². The Morgan fingerprint density at radius 1 is 1.12 bits per heavy atom. The van der Waals surface area contributed by atoms with Crippen LogP contribution in [-0.4, -0.2) is 49.2 Å². The molecule has 0 aliphatic carbocycles. The smallest absolute Gasteiger partial charge is 0.272 e. The standard InChI is InChI=1S/C23H25FN4O5S/c1-27-19-10-11-28(34(30,31)17-8-9-20(32-2)21(12-17)33-3)14-18(19)22(26-27)23(29)25-13-15-4-6-16(24)7-5-15/h4-9,12H,10-11,13-14H2,1-3H3,(H,25,29). The van der Waals surface area contributed by atoms with Gasteiger partial charge in [0.05, 0.1) is 19.1 Å². The minimum absolute atomic E-state index is 0.0130. The molecule has 34 heavy (non-hydrogen) atoms. The van der Waals surface area contributed by atoms with Crippen molar-refractivity contribution < 1.29 is 27.1 Å². The number of amides is 1. The predicted octanol–water partition coefficient (Wildman–Crippen LogP) is 2.25. The van der Waals surface area contributed by atoms with E-state index >= 15 is 0 Å². The second kappa shape index (κ2) is 9.43. The van der Waals surface area contributed by atoms with E-state index in [0.29, 0.717) is 23.5 Å². The molecule has 0 spiro atoms. The van der Waals surface area contributed by atoms with Gasteiger partial charge in [-0.1, -0.05) is 12.1 Å². The summed E-state index contributed by atoms with van der Waals surface area (Å²) in [5.74, 6) is -0.0468. The number of ether oxygens (including phenoxy) is 2. The molecule has 1 N–H and O–H groups in total. The Balaban J connectivity index is 1.57. The third kappa shape index (κ3) is 4.48. The van der Waals surface area contributed by atoms with Gasteiger partial charge < -0.3 is 14.8 Å². The second-order valence-corrected chi connectivity index (χ2v) is 9.75. The summed E-state index contributed by atoms with van der Waals surface area (Å²) in [5, 5.41) is 7.12. The van der Waals surface area contributed by atoms with Crippen LogP contribution in [0.1, 0.15) is 27.3 Å². The van der Waals surface area contributed by atoms with Crippen LogP contribution < -0.4 is 14.8 Å². The molecule has 2 heterocycles. The Hall–Kier alpha value is -3.44. The van der Waals surface area contributed by atoms with Crippen LogP contribution in [0.4, 0.5) is 4.39 Å². The minimum atomic E-state index is -3.86. The fourth-order valence-electron chi connectivity index (χ4n) is 3.95. The molecule has 2 aromatic carbocycles. The molecule has 180 valence electrons. The largest absolute Gasteiger partial charge is 0.493 e. The first kappa shape index (κ1) is 23.7. The molecule has 1 aliphatic heterocycles. The first-order valence-electron chi connectivity index (χ1n) is 10.5. The Labute approximate surface area is 197 Å². The first-order valence-corrected chi connectivity index (χ1v) is 12.0. The number of nitrogens with zero attached hydrogens (tertiary/aromatic N) is 3. The van der Waals surface area contributed by atoms with Crippen molar-refractivity contribution in [1.82, 2.24) is 19.4 Å². The zero-order chi connectivity index (χ0) is 24.5. The number of aromatic nitrogens is 2.